The highest BCUT2D eigenvalue weighted by Crippen LogP contribution is 2.36. The molecule has 0 saturated carbocycles. The number of fused-ring (bicyclic) bond motifs is 1. The van der Waals surface area contributed by atoms with E-state index in [1.807, 2.05) is 6.21 Å². The summed E-state index contributed by atoms with van der Waals surface area (Å²) in [5.41, 5.74) is 10.5. The van der Waals surface area contributed by atoms with Gasteiger partial charge in [0, 0.05) is 30.9 Å². The zero-order valence-electron chi connectivity index (χ0n) is 11.4. The van der Waals surface area contributed by atoms with E-state index in [2.05, 4.69) is 37.7 Å². The number of hydrogen-bond donors (Lipinski definition) is 1. The molecule has 1 aromatic carbocycles. The molecule has 2 aliphatic heterocycles. The normalized spacial score (nSPS) is 29.1. The number of hydrogen-bond acceptors (Lipinski definition) is 6. The van der Waals surface area contributed by atoms with Crippen molar-refractivity contribution in [1.82, 2.24) is 8.75 Å². The predicted octanol–water partition coefficient (Wildman–Crippen LogP) is 1.99. The Hall–Kier alpha value is -1.53. The molecule has 0 amide bonds. The van der Waals surface area contributed by atoms with E-state index in [1.165, 1.54) is 23.0 Å². The maximum absolute atomic E-state index is 6.17. The van der Waals surface area contributed by atoms with Crippen LogP contribution in [-0.2, 0) is 0 Å². The van der Waals surface area contributed by atoms with Gasteiger partial charge in [-0.2, -0.15) is 8.75 Å². The standard InChI is InChI=1S/C14H17N5S/c1-8-4-9(15)7-19(6-8)12-3-2-10(11-5-16-11)13-14(12)18-20-17-13/h2-3,5,8-9,11H,4,6-7,15H2,1H3/t8-,9+,11?/m0/s1. The van der Waals surface area contributed by atoms with E-state index in [1.54, 1.807) is 0 Å². The van der Waals surface area contributed by atoms with Gasteiger partial charge in [-0.3, -0.25) is 4.99 Å². The molecule has 0 aliphatic carbocycles. The minimum absolute atomic E-state index is 0.220. The molecule has 2 aliphatic rings. The summed E-state index contributed by atoms with van der Waals surface area (Å²) in [7, 11) is 0. The average molecular weight is 287 g/mol. The summed E-state index contributed by atoms with van der Waals surface area (Å²) in [5, 5.41) is 0. The summed E-state index contributed by atoms with van der Waals surface area (Å²) < 4.78 is 8.97. The van der Waals surface area contributed by atoms with Crippen LogP contribution in [0.15, 0.2) is 17.1 Å². The lowest BCUT2D eigenvalue weighted by atomic mass is 9.95. The smallest absolute Gasteiger partial charge is 0.128 e. The van der Waals surface area contributed by atoms with Crippen LogP contribution in [0.5, 0.6) is 0 Å². The van der Waals surface area contributed by atoms with E-state index in [-0.39, 0.29) is 12.1 Å². The predicted molar refractivity (Wildman–Crippen MR) is 82.6 cm³/mol. The van der Waals surface area contributed by atoms with Crippen LogP contribution in [0.25, 0.3) is 11.0 Å². The highest BCUT2D eigenvalue weighted by molar-refractivity contribution is 7.00. The molecule has 2 aromatic rings. The average Bonchev–Trinajstić information content (AvgIpc) is 3.13. The molecule has 3 heterocycles. The van der Waals surface area contributed by atoms with Gasteiger partial charge in [-0.1, -0.05) is 13.0 Å². The van der Waals surface area contributed by atoms with Crippen molar-refractivity contribution < 1.29 is 0 Å². The van der Waals surface area contributed by atoms with Gasteiger partial charge in [0.25, 0.3) is 0 Å². The molecule has 3 atom stereocenters. The third kappa shape index (κ3) is 1.99. The zero-order chi connectivity index (χ0) is 13.7. The van der Waals surface area contributed by atoms with Crippen LogP contribution in [0.4, 0.5) is 5.69 Å². The Kier molecular flexibility index (Phi) is 2.75. The lowest BCUT2D eigenvalue weighted by Crippen LogP contribution is -2.46. The van der Waals surface area contributed by atoms with Crippen LogP contribution in [0.2, 0.25) is 0 Å². The minimum atomic E-state index is 0.220. The van der Waals surface area contributed by atoms with Crippen molar-refractivity contribution in [2.75, 3.05) is 18.0 Å². The van der Waals surface area contributed by atoms with Crippen LogP contribution in [0.1, 0.15) is 24.9 Å². The Morgan fingerprint density at radius 3 is 2.80 bits per heavy atom. The van der Waals surface area contributed by atoms with Crippen molar-refractivity contribution in [3.8, 4) is 0 Å². The molecule has 0 spiro atoms. The summed E-state index contributed by atoms with van der Waals surface area (Å²) in [6.45, 7) is 4.20. The lowest BCUT2D eigenvalue weighted by molar-refractivity contribution is 0.402. The van der Waals surface area contributed by atoms with Crippen molar-refractivity contribution in [3.05, 3.63) is 17.7 Å². The van der Waals surface area contributed by atoms with Crippen LogP contribution in [0, 0.1) is 5.92 Å². The van der Waals surface area contributed by atoms with Gasteiger partial charge in [-0.05, 0) is 18.4 Å². The fourth-order valence-electron chi connectivity index (χ4n) is 3.17. The van der Waals surface area contributed by atoms with Crippen molar-refractivity contribution >= 4 is 34.7 Å². The third-order valence-electron chi connectivity index (χ3n) is 4.07. The highest BCUT2D eigenvalue weighted by atomic mass is 32.1. The monoisotopic (exact) mass is 287 g/mol. The first-order valence-electron chi connectivity index (χ1n) is 7.01. The summed E-state index contributed by atoms with van der Waals surface area (Å²) in [4.78, 5) is 6.61. The van der Waals surface area contributed by atoms with Crippen molar-refractivity contribution in [3.63, 3.8) is 0 Å². The maximum Gasteiger partial charge on any atom is 0.128 e. The SMILES string of the molecule is C[C@H]1C[C@@H](N)CN(c2ccc(C3C=N3)c3nsnc23)C1. The summed E-state index contributed by atoms with van der Waals surface area (Å²) >= 11 is 1.28. The Morgan fingerprint density at radius 1 is 1.25 bits per heavy atom. The van der Waals surface area contributed by atoms with Gasteiger partial charge in [0.15, 0.2) is 0 Å². The molecular weight excluding hydrogens is 270 g/mol. The topological polar surface area (TPSA) is 67.4 Å². The molecule has 1 unspecified atom stereocenters. The molecule has 20 heavy (non-hydrogen) atoms. The second-order valence-electron chi connectivity index (χ2n) is 5.88. The number of anilines is 1. The highest BCUT2D eigenvalue weighted by Gasteiger charge is 2.27. The van der Waals surface area contributed by atoms with Gasteiger partial charge < -0.3 is 10.6 Å². The van der Waals surface area contributed by atoms with Gasteiger partial charge in [-0.15, -0.1) is 0 Å². The van der Waals surface area contributed by atoms with E-state index < -0.39 is 0 Å². The Labute approximate surface area is 121 Å². The summed E-state index contributed by atoms with van der Waals surface area (Å²) in [5.74, 6) is 0.617. The second kappa shape index (κ2) is 4.49. The number of aromatic nitrogens is 2. The summed E-state index contributed by atoms with van der Waals surface area (Å²) in [6.07, 6.45) is 3.05. The molecule has 4 rings (SSSR count). The molecule has 104 valence electrons. The molecule has 2 N–H and O–H groups in total. The lowest BCUT2D eigenvalue weighted by Gasteiger charge is -2.36. The van der Waals surface area contributed by atoms with Gasteiger partial charge in [0.05, 0.1) is 17.4 Å². The van der Waals surface area contributed by atoms with Crippen LogP contribution < -0.4 is 10.6 Å². The number of rotatable bonds is 2. The van der Waals surface area contributed by atoms with Crippen molar-refractivity contribution in [2.24, 2.45) is 16.6 Å². The minimum Gasteiger partial charge on any atom is -0.368 e. The largest absolute Gasteiger partial charge is 0.368 e. The fraction of sp³-hybridized carbons (Fsp3) is 0.500. The van der Waals surface area contributed by atoms with E-state index in [0.717, 1.165) is 30.5 Å². The maximum atomic E-state index is 6.17. The van der Waals surface area contributed by atoms with E-state index >= 15 is 0 Å². The first-order valence-corrected chi connectivity index (χ1v) is 7.74. The number of aliphatic imine (C=N–C) groups is 1. The second-order valence-corrected chi connectivity index (χ2v) is 6.41. The van der Waals surface area contributed by atoms with Gasteiger partial charge in [0.2, 0.25) is 0 Å². The molecule has 1 saturated heterocycles. The van der Waals surface area contributed by atoms with Gasteiger partial charge in [-0.25, -0.2) is 0 Å². The third-order valence-corrected chi connectivity index (χ3v) is 4.60. The quantitative estimate of drug-likeness (QED) is 0.917. The first-order chi connectivity index (χ1) is 9.72. The summed E-state index contributed by atoms with van der Waals surface area (Å²) in [6, 6.07) is 4.76. The molecule has 1 aromatic heterocycles. The first kappa shape index (κ1) is 12.2. The molecule has 0 bridgehead atoms. The van der Waals surface area contributed by atoms with Crippen LogP contribution in [-0.4, -0.2) is 34.1 Å². The molecule has 6 heteroatoms. The number of piperidine rings is 1. The van der Waals surface area contributed by atoms with Crippen molar-refractivity contribution in [2.45, 2.75) is 25.4 Å². The van der Waals surface area contributed by atoms with Crippen molar-refractivity contribution in [1.29, 1.82) is 0 Å². The Morgan fingerprint density at radius 2 is 2.05 bits per heavy atom. The molecule has 0 radical (unpaired) electrons. The van der Waals surface area contributed by atoms with Gasteiger partial charge in [0.1, 0.15) is 17.1 Å². The van der Waals surface area contributed by atoms with E-state index in [9.17, 15) is 0 Å². The Bertz CT molecular complexity index is 663. The fourth-order valence-corrected chi connectivity index (χ4v) is 3.74. The number of nitrogens with zero attached hydrogens (tertiary/aromatic N) is 4. The van der Waals surface area contributed by atoms with E-state index in [0.29, 0.717) is 5.92 Å². The van der Waals surface area contributed by atoms with Gasteiger partial charge >= 0.3 is 0 Å². The molecule has 1 fully saturated rings. The molecular formula is C14H17N5S. The number of nitrogens with two attached hydrogens (primary N) is 1. The van der Waals surface area contributed by atoms with Crippen LogP contribution >= 0.6 is 11.7 Å². The molecule has 5 nitrogen and oxygen atoms in total. The zero-order valence-corrected chi connectivity index (χ0v) is 12.2. The van der Waals surface area contributed by atoms with Crippen LogP contribution in [0.3, 0.4) is 0 Å². The van der Waals surface area contributed by atoms with E-state index in [4.69, 9.17) is 5.73 Å². The number of benzene rings is 1. The Balaban J connectivity index is 1.76.